The van der Waals surface area contributed by atoms with Crippen LogP contribution in [0.5, 0.6) is 0 Å². The van der Waals surface area contributed by atoms with Gasteiger partial charge in [0.2, 0.25) is 0 Å². The molecule has 0 saturated heterocycles. The summed E-state index contributed by atoms with van der Waals surface area (Å²) in [6.45, 7) is 0. The molecule has 1 radical (unpaired) electrons. The van der Waals surface area contributed by atoms with E-state index in [2.05, 4.69) is 72.8 Å². The van der Waals surface area contributed by atoms with Gasteiger partial charge < -0.3 is 0 Å². The van der Waals surface area contributed by atoms with Crippen molar-refractivity contribution in [3.63, 3.8) is 0 Å². The van der Waals surface area contributed by atoms with Crippen LogP contribution < -0.4 is 0 Å². The van der Waals surface area contributed by atoms with Crippen LogP contribution in [0.3, 0.4) is 0 Å². The van der Waals surface area contributed by atoms with Gasteiger partial charge in [-0.05, 0) is 40.8 Å². The number of pyridine rings is 1. The minimum Gasteiger partial charge on any atom is -0.248 e. The second-order valence-corrected chi connectivity index (χ2v) is 6.05. The van der Waals surface area contributed by atoms with Crippen molar-refractivity contribution in [2.45, 2.75) is 6.42 Å². The van der Waals surface area contributed by atoms with E-state index in [-0.39, 0.29) is 20.1 Å². The summed E-state index contributed by atoms with van der Waals surface area (Å²) < 4.78 is 0. The van der Waals surface area contributed by atoms with Gasteiger partial charge in [0.05, 0.1) is 11.2 Å². The van der Waals surface area contributed by atoms with E-state index >= 15 is 0 Å². The Morgan fingerprint density at radius 3 is 2.33 bits per heavy atom. The molecule has 0 atom stereocenters. The second kappa shape index (κ2) is 5.98. The van der Waals surface area contributed by atoms with Crippen LogP contribution in [0.2, 0.25) is 0 Å². The summed E-state index contributed by atoms with van der Waals surface area (Å²) in [5.41, 5.74) is 8.90. The predicted molar refractivity (Wildman–Crippen MR) is 95.4 cm³/mol. The van der Waals surface area contributed by atoms with Crippen LogP contribution in [0, 0.1) is 0 Å². The van der Waals surface area contributed by atoms with E-state index in [4.69, 9.17) is 4.98 Å². The first kappa shape index (κ1) is 15.3. The molecule has 24 heavy (non-hydrogen) atoms. The van der Waals surface area contributed by atoms with Crippen LogP contribution >= 0.6 is 0 Å². The second-order valence-electron chi connectivity index (χ2n) is 6.05. The normalized spacial score (nSPS) is 11.7. The Morgan fingerprint density at radius 2 is 1.38 bits per heavy atom. The van der Waals surface area contributed by atoms with Crippen LogP contribution in [0.4, 0.5) is 0 Å². The van der Waals surface area contributed by atoms with E-state index < -0.39 is 0 Å². The number of benzene rings is 3. The van der Waals surface area contributed by atoms with Crippen LogP contribution in [-0.2, 0) is 26.5 Å². The number of fused-ring (bicyclic) bond motifs is 4. The van der Waals surface area contributed by atoms with Gasteiger partial charge in [0.25, 0.3) is 0 Å². The first-order valence-electron chi connectivity index (χ1n) is 7.96. The fourth-order valence-corrected chi connectivity index (χ4v) is 3.61. The molecule has 1 heterocycles. The summed E-state index contributed by atoms with van der Waals surface area (Å²) in [6.07, 6.45) is 0.996. The topological polar surface area (TPSA) is 12.9 Å². The summed E-state index contributed by atoms with van der Waals surface area (Å²) in [7, 11) is 0. The summed E-state index contributed by atoms with van der Waals surface area (Å²) in [6, 6.07) is 27.9. The van der Waals surface area contributed by atoms with Crippen molar-refractivity contribution >= 4 is 10.9 Å². The predicted octanol–water partition coefficient (Wildman–Crippen LogP) is 5.47. The fourth-order valence-electron chi connectivity index (χ4n) is 3.61. The third-order valence-electron chi connectivity index (χ3n) is 4.73. The largest absolute Gasteiger partial charge is 0.248 e. The van der Waals surface area contributed by atoms with E-state index in [1.165, 1.54) is 33.2 Å². The first-order valence-corrected chi connectivity index (χ1v) is 7.96. The summed E-state index contributed by atoms with van der Waals surface area (Å²) in [5.74, 6) is 0. The van der Waals surface area contributed by atoms with Crippen LogP contribution in [-0.4, -0.2) is 4.98 Å². The monoisotopic (exact) mass is 486 g/mol. The van der Waals surface area contributed by atoms with Gasteiger partial charge in [-0.2, -0.15) is 0 Å². The molecule has 0 bridgehead atoms. The zero-order valence-corrected chi connectivity index (χ0v) is 15.4. The number of para-hydroxylation sites is 1. The van der Waals surface area contributed by atoms with Crippen LogP contribution in [0.15, 0.2) is 78.9 Å². The number of nitrogens with zero attached hydrogens (tertiary/aromatic N) is 1. The molecule has 0 unspecified atom stereocenters. The Morgan fingerprint density at radius 1 is 0.625 bits per heavy atom. The van der Waals surface area contributed by atoms with Gasteiger partial charge in [0.1, 0.15) is 0 Å². The average molecular weight is 486 g/mol. The molecule has 0 spiro atoms. The molecule has 0 fully saturated rings. The van der Waals surface area contributed by atoms with E-state index in [9.17, 15) is 0 Å². The summed E-state index contributed by atoms with van der Waals surface area (Å²) in [4.78, 5) is 4.89. The van der Waals surface area contributed by atoms with Crippen molar-refractivity contribution in [1.82, 2.24) is 4.98 Å². The molecule has 1 aromatic heterocycles. The third kappa shape index (κ3) is 2.31. The zero-order chi connectivity index (χ0) is 15.2. The maximum atomic E-state index is 4.89. The standard InChI is InChI=1S/C22H15N.Ir/c1-3-8-17-16(7-1)14-20-18(17)9-5-10-19(20)22-13-12-15-6-2-4-11-21(15)23-22;/h1-13H,14H2;. The quantitative estimate of drug-likeness (QED) is 0.307. The molecule has 3 aromatic carbocycles. The number of aromatic nitrogens is 1. The molecule has 0 saturated carbocycles. The zero-order valence-electron chi connectivity index (χ0n) is 13.0. The molecule has 1 aliphatic carbocycles. The molecule has 1 aliphatic rings. The molecule has 0 N–H and O–H groups in total. The van der Waals surface area contributed by atoms with E-state index in [1.54, 1.807) is 0 Å². The summed E-state index contributed by atoms with van der Waals surface area (Å²) in [5, 5.41) is 1.19. The molecule has 117 valence electrons. The fraction of sp³-hybridized carbons (Fsp3) is 0.0455. The Hall–Kier alpha value is -2.28. The van der Waals surface area contributed by atoms with Crippen molar-refractivity contribution in [3.05, 3.63) is 90.0 Å². The molecule has 1 nitrogen and oxygen atoms in total. The maximum Gasteiger partial charge on any atom is 0.0712 e. The maximum absolute atomic E-state index is 4.89. The molecular formula is C22H15IrN. The molecule has 5 rings (SSSR count). The molecule has 0 amide bonds. The molecule has 0 aliphatic heterocycles. The van der Waals surface area contributed by atoms with E-state index in [0.29, 0.717) is 0 Å². The first-order chi connectivity index (χ1) is 11.4. The van der Waals surface area contributed by atoms with Gasteiger partial charge in [-0.15, -0.1) is 0 Å². The Labute approximate surface area is 154 Å². The van der Waals surface area contributed by atoms with Crippen LogP contribution in [0.1, 0.15) is 11.1 Å². The van der Waals surface area contributed by atoms with Gasteiger partial charge in [-0.25, -0.2) is 4.98 Å². The SMILES string of the molecule is [Ir].c1ccc2c(c1)Cc1c(-c3ccc4ccccc4n3)cccc1-2. The van der Waals surface area contributed by atoms with E-state index in [1.807, 2.05) is 6.07 Å². The van der Waals surface area contributed by atoms with Gasteiger partial charge in [0, 0.05) is 31.1 Å². The Balaban J connectivity index is 0.00000146. The number of hydrogen-bond donors (Lipinski definition) is 0. The Bertz CT molecular complexity index is 1050. The van der Waals surface area contributed by atoms with E-state index in [0.717, 1.165) is 17.6 Å². The molecular weight excluding hydrogens is 470 g/mol. The molecule has 2 heteroatoms. The minimum atomic E-state index is 0. The van der Waals surface area contributed by atoms with Gasteiger partial charge >= 0.3 is 0 Å². The van der Waals surface area contributed by atoms with Crippen LogP contribution in [0.25, 0.3) is 33.3 Å². The average Bonchev–Trinajstić information content (AvgIpc) is 3.00. The molecule has 4 aromatic rings. The van der Waals surface area contributed by atoms with Gasteiger partial charge in [0.15, 0.2) is 0 Å². The van der Waals surface area contributed by atoms with Crippen molar-refractivity contribution in [2.24, 2.45) is 0 Å². The number of rotatable bonds is 1. The van der Waals surface area contributed by atoms with Crippen molar-refractivity contribution in [1.29, 1.82) is 0 Å². The van der Waals surface area contributed by atoms with Crippen molar-refractivity contribution in [2.75, 3.05) is 0 Å². The summed E-state index contributed by atoms with van der Waals surface area (Å²) >= 11 is 0. The Kier molecular flexibility index (Phi) is 3.80. The minimum absolute atomic E-state index is 0. The smallest absolute Gasteiger partial charge is 0.0712 e. The van der Waals surface area contributed by atoms with Crippen molar-refractivity contribution in [3.8, 4) is 22.4 Å². The van der Waals surface area contributed by atoms with Gasteiger partial charge in [-0.1, -0.05) is 66.7 Å². The van der Waals surface area contributed by atoms with Crippen molar-refractivity contribution < 1.29 is 20.1 Å². The number of hydrogen-bond acceptors (Lipinski definition) is 1. The third-order valence-corrected chi connectivity index (χ3v) is 4.73. The van der Waals surface area contributed by atoms with Gasteiger partial charge in [-0.3, -0.25) is 0 Å².